The van der Waals surface area contributed by atoms with Crippen molar-refractivity contribution in [3.63, 3.8) is 0 Å². The molecule has 4 heteroatoms. The highest BCUT2D eigenvalue weighted by atomic mass is 16.5. The smallest absolute Gasteiger partial charge is 0.135 e. The summed E-state index contributed by atoms with van der Waals surface area (Å²) in [4.78, 5) is 2.53. The van der Waals surface area contributed by atoms with Gasteiger partial charge in [0.1, 0.15) is 34.7 Å². The Labute approximate surface area is 341 Å². The van der Waals surface area contributed by atoms with Gasteiger partial charge in [0, 0.05) is 56.6 Å². The van der Waals surface area contributed by atoms with Crippen LogP contribution in [0.5, 0.6) is 0 Å². The first kappa shape index (κ1) is 34.6. The van der Waals surface area contributed by atoms with Crippen molar-refractivity contribution < 1.29 is 13.9 Å². The molecule has 2 aliphatic heterocycles. The molecular formula is C54H51NO3. The van der Waals surface area contributed by atoms with Crippen molar-refractivity contribution in [2.75, 3.05) is 4.90 Å². The molecule has 1 aromatic heterocycles. The van der Waals surface area contributed by atoms with E-state index in [2.05, 4.69) is 126 Å². The minimum absolute atomic E-state index is 0.127. The molecular weight excluding hydrogens is 711 g/mol. The van der Waals surface area contributed by atoms with E-state index in [-0.39, 0.29) is 6.10 Å². The average molecular weight is 762 g/mol. The molecule has 1 saturated carbocycles. The third-order valence-corrected chi connectivity index (χ3v) is 14.4. The fraction of sp³-hybridized carbons (Fsp3) is 0.333. The van der Waals surface area contributed by atoms with Gasteiger partial charge in [-0.2, -0.15) is 0 Å². The standard InChI is InChI=1S/C54H51NO3/c1-4-19-49-43(10-1)46-16-7-13-40(52(46)56-49)34-22-28-37(29-23-34)55(38-30-24-35(25-31-38)41-14-8-17-47-44-11-2-5-20-50(44)57-53(41)47)39-32-26-36(27-33-39)42-15-9-18-48-45-12-3-6-21-51(45)58-54(42)48/h1-2,4-5,10-11,16-20,22,24,26-30,32-34,44-45,50-51H,3,6-9,12-15,21,23,25,31H2. The molecule has 2 saturated heterocycles. The van der Waals surface area contributed by atoms with Crippen LogP contribution in [0, 0.1) is 17.8 Å². The first-order chi connectivity index (χ1) is 28.7. The number of ether oxygens (including phenoxy) is 2. The molecule has 2 aromatic carbocycles. The number of rotatable bonds is 6. The van der Waals surface area contributed by atoms with Gasteiger partial charge in [-0.1, -0.05) is 91.4 Å². The van der Waals surface area contributed by atoms with Crippen molar-refractivity contribution in [1.82, 2.24) is 0 Å². The van der Waals surface area contributed by atoms with E-state index in [1.807, 2.05) is 0 Å². The van der Waals surface area contributed by atoms with Gasteiger partial charge in [0.2, 0.25) is 0 Å². The molecule has 0 bridgehead atoms. The van der Waals surface area contributed by atoms with Crippen LogP contribution in [-0.2, 0) is 9.47 Å². The van der Waals surface area contributed by atoms with Gasteiger partial charge in [0.05, 0.1) is 0 Å². The first-order valence-corrected chi connectivity index (χ1v) is 22.2. The van der Waals surface area contributed by atoms with Gasteiger partial charge >= 0.3 is 0 Å². The summed E-state index contributed by atoms with van der Waals surface area (Å²) in [5.74, 6) is 3.60. The Kier molecular flexibility index (Phi) is 8.41. The maximum absolute atomic E-state index is 6.75. The Morgan fingerprint density at radius 2 is 1.50 bits per heavy atom. The zero-order valence-electron chi connectivity index (χ0n) is 33.3. The second-order valence-electron chi connectivity index (χ2n) is 17.6. The Bertz CT molecular complexity index is 2680. The third kappa shape index (κ3) is 5.69. The summed E-state index contributed by atoms with van der Waals surface area (Å²) in [7, 11) is 0. The first-order valence-electron chi connectivity index (χ1n) is 22.2. The van der Waals surface area contributed by atoms with Crippen LogP contribution in [-0.4, -0.2) is 12.2 Å². The molecule has 0 spiro atoms. The van der Waals surface area contributed by atoms with E-state index in [0.717, 1.165) is 74.5 Å². The molecule has 9 aliphatic rings. The maximum atomic E-state index is 6.75. The van der Waals surface area contributed by atoms with Crippen LogP contribution in [0.1, 0.15) is 89.0 Å². The summed E-state index contributed by atoms with van der Waals surface area (Å²) in [5.41, 5.74) is 15.7. The maximum Gasteiger partial charge on any atom is 0.135 e. The molecule has 58 heavy (non-hydrogen) atoms. The predicted octanol–water partition coefficient (Wildman–Crippen LogP) is 11.9. The van der Waals surface area contributed by atoms with Crippen LogP contribution < -0.4 is 15.5 Å². The van der Waals surface area contributed by atoms with Gasteiger partial charge in [-0.3, -0.25) is 0 Å². The summed E-state index contributed by atoms with van der Waals surface area (Å²) >= 11 is 0. The molecule has 12 rings (SSSR count). The van der Waals surface area contributed by atoms with Crippen molar-refractivity contribution in [1.29, 1.82) is 0 Å². The van der Waals surface area contributed by atoms with Crippen molar-refractivity contribution in [2.45, 2.75) is 95.7 Å². The largest absolute Gasteiger partial charge is 0.489 e. The van der Waals surface area contributed by atoms with Gasteiger partial charge < -0.3 is 18.8 Å². The minimum atomic E-state index is 0.127. The number of benzene rings is 2. The van der Waals surface area contributed by atoms with E-state index in [4.69, 9.17) is 13.9 Å². The Morgan fingerprint density at radius 3 is 2.38 bits per heavy atom. The lowest BCUT2D eigenvalue weighted by Gasteiger charge is -2.33. The minimum Gasteiger partial charge on any atom is -0.489 e. The number of anilines is 1. The summed E-state index contributed by atoms with van der Waals surface area (Å²) in [5, 5.41) is 2.51. The van der Waals surface area contributed by atoms with Gasteiger partial charge in [0.25, 0.3) is 0 Å². The van der Waals surface area contributed by atoms with Crippen LogP contribution >= 0.6 is 0 Å². The van der Waals surface area contributed by atoms with Crippen LogP contribution in [0.2, 0.25) is 0 Å². The van der Waals surface area contributed by atoms with Crippen molar-refractivity contribution >= 4 is 33.9 Å². The number of allylic oxidation sites excluding steroid dienone is 15. The molecule has 0 radical (unpaired) electrons. The summed E-state index contributed by atoms with van der Waals surface area (Å²) < 4.78 is 19.9. The lowest BCUT2D eigenvalue weighted by Crippen LogP contribution is -2.29. The SMILES string of the molecule is C1=CC2OC3=C(C4=CC=C(N(C5=CCC(C6=c7oc8ccccc8c7=CCC6)C=C5)c5ccc(C6=C7OC8CCCCC8C7=CCC6)cc5)CC4)CCC=C3C2C=C1. The zero-order valence-corrected chi connectivity index (χ0v) is 33.3. The van der Waals surface area contributed by atoms with E-state index in [1.54, 1.807) is 0 Å². The monoisotopic (exact) mass is 761 g/mol. The summed E-state index contributed by atoms with van der Waals surface area (Å²) in [6, 6.07) is 17.9. The quantitative estimate of drug-likeness (QED) is 0.251. The van der Waals surface area contributed by atoms with Gasteiger partial charge in [-0.15, -0.1) is 0 Å². The second-order valence-corrected chi connectivity index (χ2v) is 17.6. The molecule has 3 fully saturated rings. The zero-order chi connectivity index (χ0) is 38.2. The lowest BCUT2D eigenvalue weighted by molar-refractivity contribution is 0.0996. The molecule has 290 valence electrons. The van der Waals surface area contributed by atoms with Crippen LogP contribution in [0.4, 0.5) is 5.69 Å². The molecule has 3 aromatic rings. The van der Waals surface area contributed by atoms with Crippen molar-refractivity contribution in [3.05, 3.63) is 177 Å². The molecule has 0 amide bonds. The van der Waals surface area contributed by atoms with E-state index in [9.17, 15) is 0 Å². The molecule has 3 heterocycles. The highest BCUT2D eigenvalue weighted by Gasteiger charge is 2.41. The van der Waals surface area contributed by atoms with Crippen molar-refractivity contribution in [2.24, 2.45) is 17.8 Å². The van der Waals surface area contributed by atoms with Gasteiger partial charge in [-0.25, -0.2) is 0 Å². The second kappa shape index (κ2) is 14.1. The topological polar surface area (TPSA) is 34.8 Å². The van der Waals surface area contributed by atoms with Gasteiger partial charge in [0.15, 0.2) is 0 Å². The number of nitrogens with zero attached hydrogens (tertiary/aromatic N) is 1. The van der Waals surface area contributed by atoms with E-state index in [0.29, 0.717) is 23.9 Å². The van der Waals surface area contributed by atoms with E-state index < -0.39 is 0 Å². The third-order valence-electron chi connectivity index (χ3n) is 14.4. The highest BCUT2D eigenvalue weighted by Crippen LogP contribution is 2.50. The number of para-hydroxylation sites is 1. The Morgan fingerprint density at radius 1 is 0.672 bits per heavy atom. The Balaban J connectivity index is 0.890. The number of fused-ring (bicyclic) bond motifs is 9. The van der Waals surface area contributed by atoms with Crippen LogP contribution in [0.15, 0.2) is 165 Å². The molecule has 5 atom stereocenters. The fourth-order valence-electron chi connectivity index (χ4n) is 11.6. The van der Waals surface area contributed by atoms with E-state index in [1.165, 1.54) is 98.1 Å². The van der Waals surface area contributed by atoms with Crippen LogP contribution in [0.3, 0.4) is 0 Å². The number of hydrogen-bond donors (Lipinski definition) is 0. The molecule has 4 nitrogen and oxygen atoms in total. The molecule has 5 unspecified atom stereocenters. The van der Waals surface area contributed by atoms with Gasteiger partial charge in [-0.05, 0) is 141 Å². The normalized spacial score (nSPS) is 28.2. The highest BCUT2D eigenvalue weighted by molar-refractivity contribution is 5.80. The fourth-order valence-corrected chi connectivity index (χ4v) is 11.6. The summed E-state index contributed by atoms with van der Waals surface area (Å²) in [6.07, 6.45) is 43.1. The molecule has 7 aliphatic carbocycles. The molecule has 0 N–H and O–H groups in total. The van der Waals surface area contributed by atoms with E-state index >= 15 is 0 Å². The number of hydrogen-bond acceptors (Lipinski definition) is 4. The van der Waals surface area contributed by atoms with Crippen LogP contribution in [0.25, 0.3) is 28.2 Å². The van der Waals surface area contributed by atoms with Crippen molar-refractivity contribution in [3.8, 4) is 0 Å². The average Bonchev–Trinajstić information content (AvgIpc) is 3.99. The predicted molar refractivity (Wildman–Crippen MR) is 234 cm³/mol. The number of furan rings is 1. The lowest BCUT2D eigenvalue weighted by atomic mass is 9.80. The summed E-state index contributed by atoms with van der Waals surface area (Å²) in [6.45, 7) is 0. The Hall–Kier alpha value is -5.48.